The number of aryl methyl sites for hydroxylation is 1. The number of pyridine rings is 1. The Morgan fingerprint density at radius 2 is 2.35 bits per heavy atom. The normalized spacial score (nSPS) is 10.4. The second-order valence-electron chi connectivity index (χ2n) is 3.91. The van der Waals surface area contributed by atoms with E-state index >= 15 is 0 Å². The SMILES string of the molecule is Cc1nc(C(=O)Nc2cccnc2-n2cncn2)n[nH]1. The molecule has 3 aromatic heterocycles. The molecule has 0 aromatic carbocycles. The van der Waals surface area contributed by atoms with Crippen molar-refractivity contribution in [1.29, 1.82) is 0 Å². The van der Waals surface area contributed by atoms with Crippen molar-refractivity contribution in [2.45, 2.75) is 6.92 Å². The average Bonchev–Trinajstić information content (AvgIpc) is 3.10. The van der Waals surface area contributed by atoms with Crippen molar-refractivity contribution in [2.75, 3.05) is 5.32 Å². The van der Waals surface area contributed by atoms with Gasteiger partial charge in [0.2, 0.25) is 5.82 Å². The molecule has 9 heteroatoms. The fourth-order valence-corrected chi connectivity index (χ4v) is 1.62. The molecule has 3 rings (SSSR count). The number of nitrogens with zero attached hydrogens (tertiary/aromatic N) is 6. The van der Waals surface area contributed by atoms with Crippen LogP contribution in [0.4, 0.5) is 5.69 Å². The van der Waals surface area contributed by atoms with Crippen LogP contribution in [0.15, 0.2) is 31.0 Å². The lowest BCUT2D eigenvalue weighted by Crippen LogP contribution is -2.16. The summed E-state index contributed by atoms with van der Waals surface area (Å²) in [6, 6.07) is 3.42. The maximum Gasteiger partial charge on any atom is 0.295 e. The summed E-state index contributed by atoms with van der Waals surface area (Å²) in [5.74, 6) is 0.669. The first-order chi connectivity index (χ1) is 9.74. The minimum atomic E-state index is -0.427. The standard InChI is InChI=1S/C11H10N8O/c1-7-15-9(18-17-7)11(20)16-8-3-2-4-13-10(8)19-6-12-5-14-19/h2-6H,1H3,(H,16,20)(H,15,17,18). The van der Waals surface area contributed by atoms with Crippen LogP contribution in [-0.2, 0) is 0 Å². The van der Waals surface area contributed by atoms with Gasteiger partial charge in [0.05, 0.1) is 5.69 Å². The van der Waals surface area contributed by atoms with Gasteiger partial charge in [-0.1, -0.05) is 0 Å². The van der Waals surface area contributed by atoms with Gasteiger partial charge in [0.15, 0.2) is 5.82 Å². The number of rotatable bonds is 3. The number of anilines is 1. The van der Waals surface area contributed by atoms with Crippen LogP contribution in [0.1, 0.15) is 16.4 Å². The number of hydrogen-bond acceptors (Lipinski definition) is 6. The topological polar surface area (TPSA) is 114 Å². The van der Waals surface area contributed by atoms with Crippen LogP contribution < -0.4 is 5.32 Å². The van der Waals surface area contributed by atoms with Crippen LogP contribution in [0.25, 0.3) is 5.82 Å². The van der Waals surface area contributed by atoms with Crippen molar-refractivity contribution in [3.05, 3.63) is 42.6 Å². The van der Waals surface area contributed by atoms with Gasteiger partial charge in [-0.05, 0) is 19.1 Å². The summed E-state index contributed by atoms with van der Waals surface area (Å²) in [7, 11) is 0. The zero-order chi connectivity index (χ0) is 13.9. The van der Waals surface area contributed by atoms with Gasteiger partial charge in [0.25, 0.3) is 5.91 Å². The summed E-state index contributed by atoms with van der Waals surface area (Å²) in [5.41, 5.74) is 0.491. The second-order valence-corrected chi connectivity index (χ2v) is 3.91. The number of aromatic nitrogens is 7. The van der Waals surface area contributed by atoms with E-state index in [2.05, 4.69) is 35.6 Å². The van der Waals surface area contributed by atoms with Gasteiger partial charge < -0.3 is 5.32 Å². The molecular weight excluding hydrogens is 260 g/mol. The molecule has 1 amide bonds. The van der Waals surface area contributed by atoms with E-state index in [-0.39, 0.29) is 5.82 Å². The van der Waals surface area contributed by atoms with Crippen LogP contribution >= 0.6 is 0 Å². The van der Waals surface area contributed by atoms with E-state index in [4.69, 9.17) is 0 Å². The highest BCUT2D eigenvalue weighted by atomic mass is 16.2. The smallest absolute Gasteiger partial charge is 0.295 e. The predicted octanol–water partition coefficient (Wildman–Crippen LogP) is 0.341. The minimum Gasteiger partial charge on any atom is -0.316 e. The van der Waals surface area contributed by atoms with Crippen molar-refractivity contribution < 1.29 is 4.79 Å². The third-order valence-electron chi connectivity index (χ3n) is 2.47. The number of aromatic amines is 1. The number of carbonyl (C=O) groups excluding carboxylic acids is 1. The van der Waals surface area contributed by atoms with E-state index in [0.717, 1.165) is 0 Å². The van der Waals surface area contributed by atoms with Gasteiger partial charge in [0, 0.05) is 6.20 Å². The number of H-pyrrole nitrogens is 1. The van der Waals surface area contributed by atoms with Crippen molar-refractivity contribution in [3.8, 4) is 5.82 Å². The van der Waals surface area contributed by atoms with E-state index < -0.39 is 5.91 Å². The lowest BCUT2D eigenvalue weighted by Gasteiger charge is -2.07. The lowest BCUT2D eigenvalue weighted by molar-refractivity contribution is 0.101. The molecule has 0 radical (unpaired) electrons. The molecule has 20 heavy (non-hydrogen) atoms. The van der Waals surface area contributed by atoms with E-state index in [1.165, 1.54) is 17.3 Å². The molecule has 3 heterocycles. The maximum atomic E-state index is 12.0. The molecule has 2 N–H and O–H groups in total. The summed E-state index contributed by atoms with van der Waals surface area (Å²) in [6.45, 7) is 1.72. The Morgan fingerprint density at radius 3 is 3.05 bits per heavy atom. The number of nitrogens with one attached hydrogen (secondary N) is 2. The Labute approximate surface area is 113 Å². The molecule has 9 nitrogen and oxygen atoms in total. The van der Waals surface area contributed by atoms with Crippen LogP contribution in [0.3, 0.4) is 0 Å². The van der Waals surface area contributed by atoms with E-state index in [1.54, 1.807) is 25.3 Å². The van der Waals surface area contributed by atoms with Gasteiger partial charge in [-0.25, -0.2) is 19.6 Å². The fraction of sp³-hybridized carbons (Fsp3) is 0.0909. The van der Waals surface area contributed by atoms with Crippen LogP contribution in [0.2, 0.25) is 0 Å². The first-order valence-electron chi connectivity index (χ1n) is 5.74. The predicted molar refractivity (Wildman–Crippen MR) is 68.2 cm³/mol. The van der Waals surface area contributed by atoms with Gasteiger partial charge >= 0.3 is 0 Å². The first-order valence-corrected chi connectivity index (χ1v) is 5.74. The third kappa shape index (κ3) is 2.23. The Balaban J connectivity index is 1.90. The Morgan fingerprint density at radius 1 is 1.45 bits per heavy atom. The Hall–Kier alpha value is -3.10. The molecule has 3 aromatic rings. The number of hydrogen-bond donors (Lipinski definition) is 2. The highest BCUT2D eigenvalue weighted by Gasteiger charge is 2.14. The molecule has 0 bridgehead atoms. The molecule has 0 spiro atoms. The zero-order valence-corrected chi connectivity index (χ0v) is 10.5. The summed E-state index contributed by atoms with van der Waals surface area (Å²) < 4.78 is 1.46. The third-order valence-corrected chi connectivity index (χ3v) is 2.47. The molecule has 100 valence electrons. The minimum absolute atomic E-state index is 0.0656. The quantitative estimate of drug-likeness (QED) is 0.709. The molecular formula is C11H10N8O. The average molecular weight is 270 g/mol. The summed E-state index contributed by atoms with van der Waals surface area (Å²) >= 11 is 0. The maximum absolute atomic E-state index is 12.0. The van der Waals surface area contributed by atoms with Crippen LogP contribution in [0.5, 0.6) is 0 Å². The van der Waals surface area contributed by atoms with Gasteiger partial charge in [-0.2, -0.15) is 5.10 Å². The van der Waals surface area contributed by atoms with Crippen molar-refractivity contribution in [2.24, 2.45) is 0 Å². The highest BCUT2D eigenvalue weighted by molar-refractivity contribution is 6.02. The van der Waals surface area contributed by atoms with Crippen molar-refractivity contribution >= 4 is 11.6 Å². The van der Waals surface area contributed by atoms with E-state index in [9.17, 15) is 4.79 Å². The summed E-state index contributed by atoms with van der Waals surface area (Å²) in [5, 5.41) is 13.1. The second kappa shape index (κ2) is 4.88. The molecule has 0 saturated heterocycles. The molecule has 0 unspecified atom stereocenters. The van der Waals surface area contributed by atoms with Crippen molar-refractivity contribution in [3.63, 3.8) is 0 Å². The molecule has 0 fully saturated rings. The van der Waals surface area contributed by atoms with E-state index in [0.29, 0.717) is 17.3 Å². The van der Waals surface area contributed by atoms with Gasteiger partial charge in [0.1, 0.15) is 18.5 Å². The van der Waals surface area contributed by atoms with Crippen LogP contribution in [-0.4, -0.2) is 40.8 Å². The molecule has 0 saturated carbocycles. The number of carbonyl (C=O) groups is 1. The highest BCUT2D eigenvalue weighted by Crippen LogP contribution is 2.16. The monoisotopic (exact) mass is 270 g/mol. The summed E-state index contributed by atoms with van der Waals surface area (Å²) in [4.78, 5) is 24.0. The fourth-order valence-electron chi connectivity index (χ4n) is 1.62. The van der Waals surface area contributed by atoms with Crippen LogP contribution in [0, 0.1) is 6.92 Å². The van der Waals surface area contributed by atoms with E-state index in [1.807, 2.05) is 0 Å². The first kappa shape index (κ1) is 12.0. The zero-order valence-electron chi connectivity index (χ0n) is 10.5. The largest absolute Gasteiger partial charge is 0.316 e. The molecule has 0 atom stereocenters. The van der Waals surface area contributed by atoms with Gasteiger partial charge in [-0.15, -0.1) is 5.10 Å². The lowest BCUT2D eigenvalue weighted by atomic mass is 10.3. The van der Waals surface area contributed by atoms with Crippen molar-refractivity contribution in [1.82, 2.24) is 34.9 Å². The Kier molecular flexibility index (Phi) is 2.92. The summed E-state index contributed by atoms with van der Waals surface area (Å²) in [6.07, 6.45) is 4.48. The molecule has 0 aliphatic heterocycles. The Bertz CT molecular complexity index is 732. The van der Waals surface area contributed by atoms with Gasteiger partial charge in [-0.3, -0.25) is 9.89 Å². The molecule has 0 aliphatic rings. The molecule has 0 aliphatic carbocycles. The number of amides is 1.